The number of carbonyl (C=O) groups is 1. The molecule has 0 spiro atoms. The van der Waals surface area contributed by atoms with Gasteiger partial charge in [0.05, 0.1) is 0 Å². The molecule has 0 unspecified atom stereocenters. The van der Waals surface area contributed by atoms with Crippen molar-refractivity contribution in [3.05, 3.63) is 46.5 Å². The second-order valence-corrected chi connectivity index (χ2v) is 6.02. The van der Waals surface area contributed by atoms with Gasteiger partial charge >= 0.3 is 0 Å². The lowest BCUT2D eigenvalue weighted by Crippen LogP contribution is -2.11. The lowest BCUT2D eigenvalue weighted by Gasteiger charge is -2.02. The average Bonchev–Trinajstić information content (AvgIpc) is 2.94. The Morgan fingerprint density at radius 3 is 2.91 bits per heavy atom. The first-order valence-electron chi connectivity index (χ1n) is 7.34. The van der Waals surface area contributed by atoms with Crippen LogP contribution in [0, 0.1) is 11.6 Å². The van der Waals surface area contributed by atoms with Gasteiger partial charge in [-0.1, -0.05) is 6.07 Å². The topological polar surface area (TPSA) is 51.2 Å². The molecule has 1 aromatic carbocycles. The molecule has 0 fully saturated rings. The van der Waals surface area contributed by atoms with Crippen molar-refractivity contribution in [3.8, 4) is 0 Å². The minimum Gasteiger partial charge on any atom is -0.382 e. The fraction of sp³-hybridized carbons (Fsp3) is 0.375. The summed E-state index contributed by atoms with van der Waals surface area (Å²) < 4.78 is 31.2. The number of amides is 1. The normalized spacial score (nSPS) is 10.7. The van der Waals surface area contributed by atoms with Gasteiger partial charge in [-0.3, -0.25) is 4.79 Å². The SMILES string of the molecule is CCOCCCC(=O)Nc1ncc(Cc2ccc(F)c(F)c2)s1. The lowest BCUT2D eigenvalue weighted by atomic mass is 10.1. The van der Waals surface area contributed by atoms with E-state index in [4.69, 9.17) is 4.74 Å². The Balaban J connectivity index is 1.85. The van der Waals surface area contributed by atoms with Crippen LogP contribution in [0.15, 0.2) is 24.4 Å². The van der Waals surface area contributed by atoms with E-state index in [9.17, 15) is 13.6 Å². The number of rotatable bonds is 8. The molecule has 0 saturated carbocycles. The fourth-order valence-electron chi connectivity index (χ4n) is 1.96. The predicted molar refractivity (Wildman–Crippen MR) is 85.6 cm³/mol. The van der Waals surface area contributed by atoms with Crippen molar-refractivity contribution in [1.82, 2.24) is 4.98 Å². The summed E-state index contributed by atoms with van der Waals surface area (Å²) in [5.74, 6) is -1.84. The first kappa shape index (κ1) is 17.5. The largest absolute Gasteiger partial charge is 0.382 e. The molecule has 7 heteroatoms. The van der Waals surface area contributed by atoms with E-state index in [2.05, 4.69) is 10.3 Å². The molecule has 2 rings (SSSR count). The first-order valence-corrected chi connectivity index (χ1v) is 8.16. The van der Waals surface area contributed by atoms with E-state index in [0.717, 1.165) is 10.9 Å². The van der Waals surface area contributed by atoms with Gasteiger partial charge in [-0.15, -0.1) is 11.3 Å². The number of aromatic nitrogens is 1. The third-order valence-electron chi connectivity index (χ3n) is 3.06. The number of halogens is 2. The number of nitrogens with one attached hydrogen (secondary N) is 1. The second-order valence-electron chi connectivity index (χ2n) is 4.91. The molecule has 2 aromatic rings. The average molecular weight is 340 g/mol. The molecule has 4 nitrogen and oxygen atoms in total. The molecule has 0 atom stereocenters. The molecule has 23 heavy (non-hydrogen) atoms. The van der Waals surface area contributed by atoms with E-state index in [1.54, 1.807) is 6.20 Å². The van der Waals surface area contributed by atoms with Crippen LogP contribution in [0.2, 0.25) is 0 Å². The van der Waals surface area contributed by atoms with Crippen LogP contribution in [0.25, 0.3) is 0 Å². The number of carbonyl (C=O) groups excluding carboxylic acids is 1. The van der Waals surface area contributed by atoms with Crippen LogP contribution in [-0.2, 0) is 16.0 Å². The third kappa shape index (κ3) is 5.69. The number of hydrogen-bond acceptors (Lipinski definition) is 4. The standard InChI is InChI=1S/C16H18F2N2O2S/c1-2-22-7-3-4-15(21)20-16-19-10-12(23-16)8-11-5-6-13(17)14(18)9-11/h5-6,9-10H,2-4,7-8H2,1H3,(H,19,20,21). The first-order chi connectivity index (χ1) is 11.1. The van der Waals surface area contributed by atoms with Gasteiger partial charge in [0.25, 0.3) is 0 Å². The van der Waals surface area contributed by atoms with Gasteiger partial charge in [-0.05, 0) is 31.0 Å². The summed E-state index contributed by atoms with van der Waals surface area (Å²) in [4.78, 5) is 16.7. The van der Waals surface area contributed by atoms with E-state index < -0.39 is 11.6 Å². The van der Waals surface area contributed by atoms with Crippen molar-refractivity contribution in [2.75, 3.05) is 18.5 Å². The van der Waals surface area contributed by atoms with E-state index in [0.29, 0.717) is 43.2 Å². The van der Waals surface area contributed by atoms with Crippen molar-refractivity contribution >= 4 is 22.4 Å². The molecule has 0 aliphatic rings. The van der Waals surface area contributed by atoms with Crippen molar-refractivity contribution < 1.29 is 18.3 Å². The smallest absolute Gasteiger partial charge is 0.226 e. The lowest BCUT2D eigenvalue weighted by molar-refractivity contribution is -0.116. The molecular formula is C16H18F2N2O2S. The Morgan fingerprint density at radius 2 is 2.17 bits per heavy atom. The number of anilines is 1. The number of thiazole rings is 1. The molecule has 0 aliphatic heterocycles. The summed E-state index contributed by atoms with van der Waals surface area (Å²) in [6, 6.07) is 3.80. The summed E-state index contributed by atoms with van der Waals surface area (Å²) in [5.41, 5.74) is 0.655. The number of benzene rings is 1. The predicted octanol–water partition coefficient (Wildman–Crippen LogP) is 3.77. The molecule has 1 heterocycles. The second kappa shape index (κ2) is 8.69. The van der Waals surface area contributed by atoms with Gasteiger partial charge < -0.3 is 10.1 Å². The van der Waals surface area contributed by atoms with Crippen LogP contribution in [0.3, 0.4) is 0 Å². The number of nitrogens with zero attached hydrogens (tertiary/aromatic N) is 1. The minimum absolute atomic E-state index is 0.113. The van der Waals surface area contributed by atoms with Crippen molar-refractivity contribution in [3.63, 3.8) is 0 Å². The Morgan fingerprint density at radius 1 is 1.35 bits per heavy atom. The third-order valence-corrected chi connectivity index (χ3v) is 3.97. The Hall–Kier alpha value is -1.86. The zero-order valence-electron chi connectivity index (χ0n) is 12.8. The summed E-state index contributed by atoms with van der Waals surface area (Å²) in [7, 11) is 0. The molecular weight excluding hydrogens is 322 g/mol. The van der Waals surface area contributed by atoms with Crippen LogP contribution in [0.5, 0.6) is 0 Å². The molecule has 1 aromatic heterocycles. The van der Waals surface area contributed by atoms with Crippen molar-refractivity contribution in [2.45, 2.75) is 26.2 Å². The fourth-order valence-corrected chi connectivity index (χ4v) is 2.82. The van der Waals surface area contributed by atoms with Gasteiger partial charge in [0.2, 0.25) is 5.91 Å². The molecule has 1 N–H and O–H groups in total. The van der Waals surface area contributed by atoms with Gasteiger partial charge in [0.15, 0.2) is 16.8 Å². The maximum Gasteiger partial charge on any atom is 0.226 e. The van der Waals surface area contributed by atoms with E-state index in [1.165, 1.54) is 23.5 Å². The molecule has 0 radical (unpaired) electrons. The highest BCUT2D eigenvalue weighted by atomic mass is 32.1. The zero-order valence-corrected chi connectivity index (χ0v) is 13.6. The highest BCUT2D eigenvalue weighted by Crippen LogP contribution is 2.22. The monoisotopic (exact) mass is 340 g/mol. The van der Waals surface area contributed by atoms with Crippen LogP contribution < -0.4 is 5.32 Å². The van der Waals surface area contributed by atoms with E-state index >= 15 is 0 Å². The Bertz CT molecular complexity index is 661. The summed E-state index contributed by atoms with van der Waals surface area (Å²) in [5, 5.41) is 3.23. The maximum atomic E-state index is 13.2. The van der Waals surface area contributed by atoms with Crippen molar-refractivity contribution in [1.29, 1.82) is 0 Å². The highest BCUT2D eigenvalue weighted by Gasteiger charge is 2.09. The summed E-state index contributed by atoms with van der Waals surface area (Å²) >= 11 is 1.32. The number of ether oxygens (including phenoxy) is 1. The van der Waals surface area contributed by atoms with Gasteiger partial charge in [-0.25, -0.2) is 13.8 Å². The number of hydrogen-bond donors (Lipinski definition) is 1. The Kier molecular flexibility index (Phi) is 6.61. The van der Waals surface area contributed by atoms with Crippen LogP contribution in [0.4, 0.5) is 13.9 Å². The maximum absolute atomic E-state index is 13.2. The highest BCUT2D eigenvalue weighted by molar-refractivity contribution is 7.15. The van der Waals surface area contributed by atoms with Crippen molar-refractivity contribution in [2.24, 2.45) is 0 Å². The summed E-state index contributed by atoms with van der Waals surface area (Å²) in [6.07, 6.45) is 3.10. The van der Waals surface area contributed by atoms with Crippen LogP contribution in [-0.4, -0.2) is 24.1 Å². The van der Waals surface area contributed by atoms with Crippen LogP contribution >= 0.6 is 11.3 Å². The van der Waals surface area contributed by atoms with Gasteiger partial charge in [0, 0.05) is 37.1 Å². The van der Waals surface area contributed by atoms with Gasteiger partial charge in [-0.2, -0.15) is 0 Å². The minimum atomic E-state index is -0.866. The Labute approximate surface area is 137 Å². The molecule has 1 amide bonds. The molecule has 124 valence electrons. The molecule has 0 bridgehead atoms. The zero-order chi connectivity index (χ0) is 16.7. The summed E-state index contributed by atoms with van der Waals surface area (Å²) in [6.45, 7) is 3.11. The van der Waals surface area contributed by atoms with Gasteiger partial charge in [0.1, 0.15) is 0 Å². The molecule has 0 saturated heterocycles. The van der Waals surface area contributed by atoms with E-state index in [1.807, 2.05) is 6.92 Å². The van der Waals surface area contributed by atoms with Crippen LogP contribution in [0.1, 0.15) is 30.2 Å². The van der Waals surface area contributed by atoms with E-state index in [-0.39, 0.29) is 5.91 Å². The quantitative estimate of drug-likeness (QED) is 0.744. The molecule has 0 aliphatic carbocycles.